The molecule has 0 spiro atoms. The van der Waals surface area contributed by atoms with E-state index >= 15 is 0 Å². The molecule has 6 heteroatoms. The van der Waals surface area contributed by atoms with E-state index in [1.165, 1.54) is 25.7 Å². The Balaban J connectivity index is 3.97. The predicted molar refractivity (Wildman–Crippen MR) is 91.3 cm³/mol. The summed E-state index contributed by atoms with van der Waals surface area (Å²) in [5.41, 5.74) is 0. The molecule has 0 aliphatic rings. The number of nitrogens with one attached hydrogen (secondary N) is 1. The van der Waals surface area contributed by atoms with Crippen molar-refractivity contribution in [1.29, 1.82) is 0 Å². The van der Waals surface area contributed by atoms with Crippen LogP contribution in [0, 0.1) is 0 Å². The van der Waals surface area contributed by atoms with Crippen molar-refractivity contribution >= 4 is 23.8 Å². The predicted octanol–water partition coefficient (Wildman–Crippen LogP) is 3.76. The molecule has 0 aromatic rings. The maximum atomic E-state index is 12.0. The number of hydrogen-bond donors (Lipinski definition) is 1. The van der Waals surface area contributed by atoms with Crippen molar-refractivity contribution in [1.82, 2.24) is 5.32 Å². The van der Waals surface area contributed by atoms with Crippen LogP contribution in [0.2, 0.25) is 0 Å². The molecule has 0 fully saturated rings. The third kappa shape index (κ3) is 11.7. The van der Waals surface area contributed by atoms with Crippen molar-refractivity contribution in [2.45, 2.75) is 64.8 Å². The first-order valence-electron chi connectivity index (χ1n) is 8.24. The number of esters is 1. The molecule has 0 aliphatic carbocycles. The van der Waals surface area contributed by atoms with E-state index < -0.39 is 12.1 Å². The van der Waals surface area contributed by atoms with Crippen LogP contribution in [0.25, 0.3) is 0 Å². The maximum Gasteiger partial charge on any atom is 0.407 e. The van der Waals surface area contributed by atoms with Crippen LogP contribution < -0.4 is 5.32 Å². The average Bonchev–Trinajstić information content (AvgIpc) is 2.50. The Morgan fingerprint density at radius 1 is 1.05 bits per heavy atom. The molecule has 0 saturated heterocycles. The van der Waals surface area contributed by atoms with Gasteiger partial charge in [0.25, 0.3) is 0 Å². The second-order valence-electron chi connectivity index (χ2n) is 5.13. The van der Waals surface area contributed by atoms with Gasteiger partial charge in [-0.2, -0.15) is 11.8 Å². The molecule has 0 aromatic heterocycles. The van der Waals surface area contributed by atoms with E-state index in [0.29, 0.717) is 13.0 Å². The Morgan fingerprint density at radius 2 is 1.73 bits per heavy atom. The van der Waals surface area contributed by atoms with E-state index in [2.05, 4.69) is 12.2 Å². The lowest BCUT2D eigenvalue weighted by Crippen LogP contribution is -2.42. The monoisotopic (exact) mass is 333 g/mol. The molecule has 0 heterocycles. The van der Waals surface area contributed by atoms with Crippen LogP contribution in [0.15, 0.2) is 0 Å². The Kier molecular flexibility index (Phi) is 14.4. The normalized spacial score (nSPS) is 11.8. The van der Waals surface area contributed by atoms with Crippen molar-refractivity contribution < 1.29 is 19.1 Å². The molecule has 5 nitrogen and oxygen atoms in total. The van der Waals surface area contributed by atoms with Crippen LogP contribution in [0.5, 0.6) is 0 Å². The van der Waals surface area contributed by atoms with Gasteiger partial charge >= 0.3 is 12.1 Å². The fraction of sp³-hybridized carbons (Fsp3) is 0.875. The van der Waals surface area contributed by atoms with Crippen LogP contribution >= 0.6 is 11.8 Å². The molecule has 130 valence electrons. The van der Waals surface area contributed by atoms with Crippen LogP contribution in [-0.2, 0) is 14.3 Å². The smallest absolute Gasteiger partial charge is 0.407 e. The number of carbonyl (C=O) groups excluding carboxylic acids is 2. The van der Waals surface area contributed by atoms with Gasteiger partial charge in [-0.05, 0) is 31.8 Å². The number of alkyl carbamates (subject to hydrolysis) is 1. The summed E-state index contributed by atoms with van der Waals surface area (Å²) in [6, 6.07) is -0.619. The molecule has 0 aliphatic heterocycles. The highest BCUT2D eigenvalue weighted by atomic mass is 32.2. The highest BCUT2D eigenvalue weighted by Gasteiger charge is 2.22. The molecule has 1 N–H and O–H groups in total. The molecule has 0 aromatic carbocycles. The SMILES string of the molecule is CCCCCCCCOC(=O)C(CCSC)NC(=O)OCC. The fourth-order valence-electron chi connectivity index (χ4n) is 1.96. The van der Waals surface area contributed by atoms with E-state index in [0.717, 1.165) is 18.6 Å². The zero-order valence-corrected chi connectivity index (χ0v) is 15.0. The zero-order chi connectivity index (χ0) is 16.6. The van der Waals surface area contributed by atoms with E-state index in [1.54, 1.807) is 18.7 Å². The van der Waals surface area contributed by atoms with Gasteiger partial charge in [-0.1, -0.05) is 39.0 Å². The first kappa shape index (κ1) is 21.1. The number of thioether (sulfide) groups is 1. The van der Waals surface area contributed by atoms with Gasteiger partial charge in [0.15, 0.2) is 0 Å². The van der Waals surface area contributed by atoms with E-state index in [9.17, 15) is 9.59 Å². The van der Waals surface area contributed by atoms with E-state index in [1.807, 2.05) is 6.26 Å². The quantitative estimate of drug-likeness (QED) is 0.411. The van der Waals surface area contributed by atoms with Crippen molar-refractivity contribution in [2.75, 3.05) is 25.2 Å². The average molecular weight is 333 g/mol. The molecule has 1 amide bonds. The minimum atomic E-state index is -0.619. The Morgan fingerprint density at radius 3 is 2.36 bits per heavy atom. The third-order valence-electron chi connectivity index (χ3n) is 3.20. The molecule has 0 bridgehead atoms. The summed E-state index contributed by atoms with van der Waals surface area (Å²) >= 11 is 1.63. The molecule has 0 saturated carbocycles. The Bertz CT molecular complexity index is 300. The lowest BCUT2D eigenvalue weighted by Gasteiger charge is -2.17. The van der Waals surface area contributed by atoms with Crippen LogP contribution in [0.1, 0.15) is 58.8 Å². The van der Waals surface area contributed by atoms with Gasteiger partial charge in [0.1, 0.15) is 6.04 Å². The van der Waals surface area contributed by atoms with Crippen LogP contribution in [0.3, 0.4) is 0 Å². The standard InChI is InChI=1S/C16H31NO4S/c1-4-6-7-8-9-10-12-21-15(18)14(11-13-22-3)17-16(19)20-5-2/h14H,4-13H2,1-3H3,(H,17,19). The van der Waals surface area contributed by atoms with Crippen LogP contribution in [-0.4, -0.2) is 43.3 Å². The van der Waals surface area contributed by atoms with Gasteiger partial charge in [-0.15, -0.1) is 0 Å². The number of carbonyl (C=O) groups is 2. The number of ether oxygens (including phenoxy) is 2. The Labute approximate surface area is 138 Å². The lowest BCUT2D eigenvalue weighted by atomic mass is 10.1. The van der Waals surface area contributed by atoms with Crippen LogP contribution in [0.4, 0.5) is 4.79 Å². The number of unbranched alkanes of at least 4 members (excludes halogenated alkanes) is 5. The number of rotatable bonds is 13. The number of hydrogen-bond acceptors (Lipinski definition) is 5. The molecule has 1 atom stereocenters. The second-order valence-corrected chi connectivity index (χ2v) is 6.12. The van der Waals surface area contributed by atoms with Gasteiger partial charge in [0.05, 0.1) is 13.2 Å². The molecular formula is C16H31NO4S. The maximum absolute atomic E-state index is 12.0. The van der Waals surface area contributed by atoms with E-state index in [-0.39, 0.29) is 12.6 Å². The third-order valence-corrected chi connectivity index (χ3v) is 3.85. The first-order chi connectivity index (χ1) is 10.7. The molecule has 22 heavy (non-hydrogen) atoms. The minimum Gasteiger partial charge on any atom is -0.464 e. The highest BCUT2D eigenvalue weighted by Crippen LogP contribution is 2.07. The highest BCUT2D eigenvalue weighted by molar-refractivity contribution is 7.98. The minimum absolute atomic E-state index is 0.286. The summed E-state index contributed by atoms with van der Waals surface area (Å²) in [5.74, 6) is 0.416. The van der Waals surface area contributed by atoms with Crippen molar-refractivity contribution in [3.8, 4) is 0 Å². The topological polar surface area (TPSA) is 64.6 Å². The molecule has 0 radical (unpaired) electrons. The summed E-state index contributed by atoms with van der Waals surface area (Å²) in [6.07, 6.45) is 8.82. The van der Waals surface area contributed by atoms with Gasteiger partial charge < -0.3 is 14.8 Å². The zero-order valence-electron chi connectivity index (χ0n) is 14.2. The largest absolute Gasteiger partial charge is 0.464 e. The van der Waals surface area contributed by atoms with Gasteiger partial charge in [0, 0.05) is 0 Å². The Hall–Kier alpha value is -0.910. The summed E-state index contributed by atoms with van der Waals surface area (Å²) in [7, 11) is 0. The van der Waals surface area contributed by atoms with Crippen molar-refractivity contribution in [2.24, 2.45) is 0 Å². The molecule has 1 unspecified atom stereocenters. The summed E-state index contributed by atoms with van der Waals surface area (Å²) in [4.78, 5) is 23.5. The lowest BCUT2D eigenvalue weighted by molar-refractivity contribution is -0.146. The van der Waals surface area contributed by atoms with Crippen molar-refractivity contribution in [3.63, 3.8) is 0 Å². The molecular weight excluding hydrogens is 302 g/mol. The summed E-state index contributed by atoms with van der Waals surface area (Å²) in [5, 5.41) is 2.57. The summed E-state index contributed by atoms with van der Waals surface area (Å²) in [6.45, 7) is 4.62. The fourth-order valence-corrected chi connectivity index (χ4v) is 2.43. The molecule has 0 rings (SSSR count). The second kappa shape index (κ2) is 15.0. The van der Waals surface area contributed by atoms with E-state index in [4.69, 9.17) is 9.47 Å². The van der Waals surface area contributed by atoms with Gasteiger partial charge in [0.2, 0.25) is 0 Å². The van der Waals surface area contributed by atoms with Gasteiger partial charge in [-0.25, -0.2) is 9.59 Å². The number of amides is 1. The van der Waals surface area contributed by atoms with Gasteiger partial charge in [-0.3, -0.25) is 0 Å². The first-order valence-corrected chi connectivity index (χ1v) is 9.63. The summed E-state index contributed by atoms with van der Waals surface area (Å²) < 4.78 is 10.1. The van der Waals surface area contributed by atoms with Crippen molar-refractivity contribution in [3.05, 3.63) is 0 Å².